The molecular weight excluding hydrogens is 242 g/mol. The molecule has 0 aromatic carbocycles. The molecule has 2 atom stereocenters. The van der Waals surface area contributed by atoms with Gasteiger partial charge in [0, 0.05) is 12.5 Å². The fraction of sp³-hybridized carbons (Fsp3) is 0.867. The van der Waals surface area contributed by atoms with Gasteiger partial charge in [0.2, 0.25) is 5.91 Å². The third kappa shape index (κ3) is 2.63. The van der Waals surface area contributed by atoms with E-state index in [1.807, 2.05) is 0 Å². The maximum Gasteiger partial charge on any atom is 0.311 e. The fourth-order valence-electron chi connectivity index (χ4n) is 3.64. The predicted octanol–water partition coefficient (Wildman–Crippen LogP) is 2.18. The van der Waals surface area contributed by atoms with E-state index in [0.29, 0.717) is 25.3 Å². The number of hydrogen-bond acceptors (Lipinski definition) is 2. The van der Waals surface area contributed by atoms with Gasteiger partial charge < -0.3 is 10.4 Å². The van der Waals surface area contributed by atoms with Crippen LogP contribution in [-0.4, -0.2) is 23.5 Å². The van der Waals surface area contributed by atoms with Gasteiger partial charge >= 0.3 is 5.97 Å². The lowest BCUT2D eigenvalue weighted by molar-refractivity contribution is -0.151. The molecule has 3 rings (SSSR count). The highest BCUT2D eigenvalue weighted by Crippen LogP contribution is 2.54. The third-order valence-corrected chi connectivity index (χ3v) is 5.27. The quantitative estimate of drug-likeness (QED) is 0.800. The van der Waals surface area contributed by atoms with E-state index in [2.05, 4.69) is 5.32 Å². The molecule has 0 bridgehead atoms. The van der Waals surface area contributed by atoms with Gasteiger partial charge in [0.15, 0.2) is 0 Å². The van der Waals surface area contributed by atoms with Gasteiger partial charge in [-0.1, -0.05) is 19.3 Å². The van der Waals surface area contributed by atoms with Crippen molar-refractivity contribution in [3.05, 3.63) is 0 Å². The van der Waals surface area contributed by atoms with Gasteiger partial charge in [-0.25, -0.2) is 0 Å². The van der Waals surface area contributed by atoms with E-state index in [-0.39, 0.29) is 11.8 Å². The molecule has 3 fully saturated rings. The van der Waals surface area contributed by atoms with Crippen LogP contribution in [-0.2, 0) is 9.59 Å². The van der Waals surface area contributed by atoms with Crippen LogP contribution in [0.4, 0.5) is 0 Å². The number of carboxylic acid groups (broad SMARTS) is 1. The van der Waals surface area contributed by atoms with Crippen LogP contribution < -0.4 is 5.32 Å². The SMILES string of the molecule is O=C(NCC1(C(=O)O)CCCCC1)C1CC1C1CC1. The second-order valence-electron chi connectivity index (χ2n) is 6.71. The minimum atomic E-state index is -0.734. The van der Waals surface area contributed by atoms with E-state index in [0.717, 1.165) is 31.6 Å². The average Bonchev–Trinajstić information content (AvgIpc) is 3.28. The lowest BCUT2D eigenvalue weighted by Crippen LogP contribution is -2.44. The summed E-state index contributed by atoms with van der Waals surface area (Å²) in [6.45, 7) is 0.328. The number of amides is 1. The number of hydrogen-bond donors (Lipinski definition) is 2. The highest BCUT2D eigenvalue weighted by molar-refractivity contribution is 5.83. The largest absolute Gasteiger partial charge is 0.481 e. The maximum atomic E-state index is 12.1. The van der Waals surface area contributed by atoms with E-state index >= 15 is 0 Å². The summed E-state index contributed by atoms with van der Waals surface area (Å²) in [5.41, 5.74) is -0.697. The van der Waals surface area contributed by atoms with Crippen molar-refractivity contribution in [3.63, 3.8) is 0 Å². The van der Waals surface area contributed by atoms with Crippen molar-refractivity contribution in [2.75, 3.05) is 6.54 Å². The zero-order valence-corrected chi connectivity index (χ0v) is 11.4. The smallest absolute Gasteiger partial charge is 0.311 e. The fourth-order valence-corrected chi connectivity index (χ4v) is 3.64. The predicted molar refractivity (Wildman–Crippen MR) is 70.5 cm³/mol. The van der Waals surface area contributed by atoms with Crippen LogP contribution in [0.1, 0.15) is 51.4 Å². The van der Waals surface area contributed by atoms with E-state index < -0.39 is 11.4 Å². The van der Waals surface area contributed by atoms with Crippen molar-refractivity contribution < 1.29 is 14.7 Å². The highest BCUT2D eigenvalue weighted by atomic mass is 16.4. The molecule has 0 aromatic rings. The van der Waals surface area contributed by atoms with Gasteiger partial charge in [0.25, 0.3) is 0 Å². The van der Waals surface area contributed by atoms with E-state index in [4.69, 9.17) is 0 Å². The summed E-state index contributed by atoms with van der Waals surface area (Å²) in [4.78, 5) is 23.6. The van der Waals surface area contributed by atoms with E-state index in [1.165, 1.54) is 12.8 Å². The Balaban J connectivity index is 1.51. The number of carbonyl (C=O) groups is 2. The monoisotopic (exact) mass is 265 g/mol. The molecule has 106 valence electrons. The molecule has 0 saturated heterocycles. The molecule has 2 unspecified atom stereocenters. The van der Waals surface area contributed by atoms with E-state index in [1.54, 1.807) is 0 Å². The van der Waals surface area contributed by atoms with Gasteiger partial charge in [-0.15, -0.1) is 0 Å². The van der Waals surface area contributed by atoms with Crippen LogP contribution in [0.2, 0.25) is 0 Å². The van der Waals surface area contributed by atoms with Crippen molar-refractivity contribution in [2.45, 2.75) is 51.4 Å². The topological polar surface area (TPSA) is 66.4 Å². The molecule has 0 aromatic heterocycles. The molecule has 4 nitrogen and oxygen atoms in total. The molecule has 3 aliphatic rings. The summed E-state index contributed by atoms with van der Waals surface area (Å²) in [6, 6.07) is 0. The standard InChI is InChI=1S/C15H23NO3/c17-13(12-8-11(12)10-4-5-10)16-9-15(14(18)19)6-2-1-3-7-15/h10-12H,1-9H2,(H,16,17)(H,18,19). The Morgan fingerprint density at radius 2 is 1.84 bits per heavy atom. The molecule has 0 aliphatic heterocycles. The maximum absolute atomic E-state index is 12.1. The van der Waals surface area contributed by atoms with Gasteiger partial charge in [-0.2, -0.15) is 0 Å². The minimum absolute atomic E-state index is 0.100. The Kier molecular flexibility index (Phi) is 3.27. The lowest BCUT2D eigenvalue weighted by Gasteiger charge is -2.33. The van der Waals surface area contributed by atoms with Crippen LogP contribution in [0.25, 0.3) is 0 Å². The summed E-state index contributed by atoms with van der Waals surface area (Å²) >= 11 is 0. The van der Waals surface area contributed by atoms with Crippen molar-refractivity contribution in [1.82, 2.24) is 5.32 Å². The number of aliphatic carboxylic acids is 1. The van der Waals surface area contributed by atoms with Crippen LogP contribution in [0, 0.1) is 23.2 Å². The Bertz CT molecular complexity index is 383. The summed E-state index contributed by atoms with van der Waals surface area (Å²) in [5, 5.41) is 12.4. The molecule has 3 aliphatic carbocycles. The molecule has 2 N–H and O–H groups in total. The zero-order valence-electron chi connectivity index (χ0n) is 11.4. The van der Waals surface area contributed by atoms with Crippen molar-refractivity contribution in [2.24, 2.45) is 23.2 Å². The van der Waals surface area contributed by atoms with Gasteiger partial charge in [-0.3, -0.25) is 9.59 Å². The Hall–Kier alpha value is -1.06. The van der Waals surface area contributed by atoms with Crippen LogP contribution in [0.3, 0.4) is 0 Å². The number of carboxylic acids is 1. The first-order valence-corrected chi connectivity index (χ1v) is 7.63. The second-order valence-corrected chi connectivity index (χ2v) is 6.71. The third-order valence-electron chi connectivity index (χ3n) is 5.27. The molecular formula is C15H23NO3. The van der Waals surface area contributed by atoms with Gasteiger partial charge in [-0.05, 0) is 43.9 Å². The second kappa shape index (κ2) is 4.80. The zero-order chi connectivity index (χ0) is 13.5. The molecule has 0 heterocycles. The number of rotatable bonds is 5. The molecule has 19 heavy (non-hydrogen) atoms. The van der Waals surface area contributed by atoms with Crippen molar-refractivity contribution in [3.8, 4) is 0 Å². The molecule has 0 spiro atoms. The normalized spacial score (nSPS) is 32.6. The first-order chi connectivity index (χ1) is 9.12. The minimum Gasteiger partial charge on any atom is -0.481 e. The van der Waals surface area contributed by atoms with Gasteiger partial charge in [0.05, 0.1) is 5.41 Å². The number of carbonyl (C=O) groups excluding carboxylic acids is 1. The van der Waals surface area contributed by atoms with Crippen molar-refractivity contribution in [1.29, 1.82) is 0 Å². The van der Waals surface area contributed by atoms with E-state index in [9.17, 15) is 14.7 Å². The number of nitrogens with one attached hydrogen (secondary N) is 1. The van der Waals surface area contributed by atoms with Crippen molar-refractivity contribution >= 4 is 11.9 Å². The first kappa shape index (κ1) is 12.9. The Morgan fingerprint density at radius 3 is 2.42 bits per heavy atom. The highest BCUT2D eigenvalue weighted by Gasteiger charge is 2.51. The first-order valence-electron chi connectivity index (χ1n) is 7.63. The van der Waals surface area contributed by atoms with Crippen LogP contribution >= 0.6 is 0 Å². The Labute approximate surface area is 113 Å². The molecule has 4 heteroatoms. The summed E-state index contributed by atoms with van der Waals surface area (Å²) in [7, 11) is 0. The van der Waals surface area contributed by atoms with Gasteiger partial charge in [0.1, 0.15) is 0 Å². The van der Waals surface area contributed by atoms with Crippen LogP contribution in [0.5, 0.6) is 0 Å². The summed E-state index contributed by atoms with van der Waals surface area (Å²) in [5.74, 6) is 0.943. The summed E-state index contributed by atoms with van der Waals surface area (Å²) in [6.07, 6.45) is 8.07. The summed E-state index contributed by atoms with van der Waals surface area (Å²) < 4.78 is 0. The van der Waals surface area contributed by atoms with Crippen LogP contribution in [0.15, 0.2) is 0 Å². The average molecular weight is 265 g/mol. The molecule has 3 saturated carbocycles. The molecule has 1 amide bonds. The Morgan fingerprint density at radius 1 is 1.16 bits per heavy atom. The lowest BCUT2D eigenvalue weighted by atomic mass is 9.74. The molecule has 0 radical (unpaired) electrons.